The number of nitrogens with one attached hydrogen (secondary N) is 2. The predicted molar refractivity (Wildman–Crippen MR) is 118 cm³/mol. The summed E-state index contributed by atoms with van der Waals surface area (Å²) in [5.41, 5.74) is -2.79. The Bertz CT molecular complexity index is 558. The topological polar surface area (TPSA) is 73.8 Å². The van der Waals surface area contributed by atoms with Crippen LogP contribution in [0.2, 0.25) is 0 Å². The lowest BCUT2D eigenvalue weighted by atomic mass is 9.77. The van der Waals surface area contributed by atoms with Crippen molar-refractivity contribution in [3.63, 3.8) is 0 Å². The average molecular weight is 466 g/mol. The number of carbonyl (C=O) groups excluding carboxylic acids is 1. The van der Waals surface area contributed by atoms with E-state index in [1.54, 1.807) is 0 Å². The molecule has 2 amide bonds. The second-order valence-electron chi connectivity index (χ2n) is 9.60. The monoisotopic (exact) mass is 465 g/mol. The van der Waals surface area contributed by atoms with E-state index in [1.165, 1.54) is 44.1 Å². The average Bonchev–Trinajstić information content (AvgIpc) is 2.76. The smallest absolute Gasteiger partial charge is 0.385 e. The molecular weight excluding hydrogens is 423 g/mol. The van der Waals surface area contributed by atoms with E-state index in [0.717, 1.165) is 6.42 Å². The summed E-state index contributed by atoms with van der Waals surface area (Å²) in [7, 11) is 3.34. The number of carbonyl (C=O) groups is 1. The number of likely N-dealkylation sites (tertiary alicyclic amines) is 1. The summed E-state index contributed by atoms with van der Waals surface area (Å²) < 4.78 is 46.6. The lowest BCUT2D eigenvalue weighted by molar-refractivity contribution is -0.286. The molecular formula is C23H42F3N3O3. The minimum absolute atomic E-state index is 0.0495. The molecule has 2 fully saturated rings. The zero-order valence-electron chi connectivity index (χ0n) is 19.7. The molecule has 6 nitrogen and oxygen atoms in total. The first-order valence-corrected chi connectivity index (χ1v) is 12.2. The summed E-state index contributed by atoms with van der Waals surface area (Å²) in [4.78, 5) is 14.4. The molecule has 0 bridgehead atoms. The molecule has 0 spiro atoms. The summed E-state index contributed by atoms with van der Waals surface area (Å²) in [6.07, 6.45) is 3.21. The standard InChI is InChI=1S/C23H42F3N3O3/c1-27-16-20(15-18-9-4-3-5-10-18)28-21(30)29-13-8-11-19(17-29)22(31,23(24,25)26)12-6-7-14-32-2/h18-20,27,31H,3-17H2,1-2H3,(H,28,30). The number of methoxy groups -OCH3 is 1. The molecule has 3 unspecified atom stereocenters. The number of amides is 2. The van der Waals surface area contributed by atoms with Crippen LogP contribution in [0.4, 0.5) is 18.0 Å². The minimum atomic E-state index is -4.74. The third-order valence-electron chi connectivity index (χ3n) is 7.15. The number of ether oxygens (including phenoxy) is 1. The number of alkyl halides is 3. The van der Waals surface area contributed by atoms with Crippen LogP contribution in [-0.2, 0) is 4.74 Å². The zero-order valence-corrected chi connectivity index (χ0v) is 19.7. The van der Waals surface area contributed by atoms with Crippen molar-refractivity contribution in [3.05, 3.63) is 0 Å². The number of hydrogen-bond donors (Lipinski definition) is 3. The summed E-state index contributed by atoms with van der Waals surface area (Å²) >= 11 is 0. The van der Waals surface area contributed by atoms with Crippen LogP contribution < -0.4 is 10.6 Å². The Morgan fingerprint density at radius 1 is 1.16 bits per heavy atom. The molecule has 0 aromatic rings. The van der Waals surface area contributed by atoms with Crippen LogP contribution in [0.3, 0.4) is 0 Å². The van der Waals surface area contributed by atoms with E-state index in [-0.39, 0.29) is 37.9 Å². The highest BCUT2D eigenvalue weighted by Crippen LogP contribution is 2.43. The summed E-state index contributed by atoms with van der Waals surface area (Å²) in [6.45, 7) is 1.32. The zero-order chi connectivity index (χ0) is 23.6. The van der Waals surface area contributed by atoms with Gasteiger partial charge < -0.3 is 25.4 Å². The normalized spacial score (nSPS) is 23.6. The van der Waals surface area contributed by atoms with Gasteiger partial charge in [-0.25, -0.2) is 4.79 Å². The van der Waals surface area contributed by atoms with Crippen molar-refractivity contribution in [3.8, 4) is 0 Å². The van der Waals surface area contributed by atoms with Gasteiger partial charge in [0.1, 0.15) is 0 Å². The van der Waals surface area contributed by atoms with Crippen LogP contribution in [0.25, 0.3) is 0 Å². The van der Waals surface area contributed by atoms with E-state index in [0.29, 0.717) is 38.5 Å². The van der Waals surface area contributed by atoms with Crippen molar-refractivity contribution >= 4 is 6.03 Å². The molecule has 1 saturated heterocycles. The Balaban J connectivity index is 1.99. The molecule has 1 aliphatic carbocycles. The summed E-state index contributed by atoms with van der Waals surface area (Å²) in [5, 5.41) is 16.9. The van der Waals surface area contributed by atoms with Crippen molar-refractivity contribution in [2.24, 2.45) is 11.8 Å². The SMILES string of the molecule is CNCC(CC1CCCCC1)NC(=O)N1CCCC(C(O)(CCCCOC)C(F)(F)F)C1. The quantitative estimate of drug-likeness (QED) is 0.402. The number of nitrogens with zero attached hydrogens (tertiary/aromatic N) is 1. The van der Waals surface area contributed by atoms with Gasteiger partial charge in [0, 0.05) is 45.3 Å². The minimum Gasteiger partial charge on any atom is -0.385 e. The molecule has 1 heterocycles. The van der Waals surface area contributed by atoms with Crippen molar-refractivity contribution in [1.29, 1.82) is 0 Å². The molecule has 9 heteroatoms. The molecule has 2 aliphatic rings. The van der Waals surface area contributed by atoms with Crippen molar-refractivity contribution in [2.75, 3.05) is 40.4 Å². The first-order chi connectivity index (χ1) is 15.2. The highest BCUT2D eigenvalue weighted by molar-refractivity contribution is 5.74. The number of halogens is 3. The van der Waals surface area contributed by atoms with Crippen LogP contribution in [0.5, 0.6) is 0 Å². The highest BCUT2D eigenvalue weighted by Gasteiger charge is 2.58. The lowest BCUT2D eigenvalue weighted by Gasteiger charge is -2.43. The van der Waals surface area contributed by atoms with Crippen LogP contribution in [-0.4, -0.2) is 74.3 Å². The third kappa shape index (κ3) is 7.76. The fraction of sp³-hybridized carbons (Fsp3) is 0.957. The van der Waals surface area contributed by atoms with Gasteiger partial charge in [-0.2, -0.15) is 13.2 Å². The van der Waals surface area contributed by atoms with Gasteiger partial charge in [-0.3, -0.25) is 0 Å². The first-order valence-electron chi connectivity index (χ1n) is 12.2. The molecule has 1 aliphatic heterocycles. The van der Waals surface area contributed by atoms with Gasteiger partial charge in [-0.05, 0) is 51.5 Å². The predicted octanol–water partition coefficient (Wildman–Crippen LogP) is 4.08. The molecule has 0 aromatic heterocycles. The fourth-order valence-electron chi connectivity index (χ4n) is 5.30. The Kier molecular flexibility index (Phi) is 11.0. The third-order valence-corrected chi connectivity index (χ3v) is 7.15. The van der Waals surface area contributed by atoms with Crippen LogP contribution in [0.15, 0.2) is 0 Å². The van der Waals surface area contributed by atoms with E-state index < -0.39 is 17.7 Å². The van der Waals surface area contributed by atoms with E-state index in [4.69, 9.17) is 4.74 Å². The van der Waals surface area contributed by atoms with Gasteiger partial charge in [-0.15, -0.1) is 0 Å². The van der Waals surface area contributed by atoms with Crippen molar-refractivity contribution < 1.29 is 27.8 Å². The molecule has 3 atom stereocenters. The Hall–Kier alpha value is -1.06. The largest absolute Gasteiger partial charge is 0.417 e. The van der Waals surface area contributed by atoms with Crippen LogP contribution in [0.1, 0.15) is 70.6 Å². The second-order valence-corrected chi connectivity index (χ2v) is 9.60. The number of aliphatic hydroxyl groups is 1. The van der Waals surface area contributed by atoms with Gasteiger partial charge in [0.25, 0.3) is 0 Å². The summed E-state index contributed by atoms with van der Waals surface area (Å²) in [6, 6.07) is -0.374. The maximum Gasteiger partial charge on any atom is 0.417 e. The Labute approximate surface area is 190 Å². The van der Waals surface area contributed by atoms with E-state index in [9.17, 15) is 23.1 Å². The van der Waals surface area contributed by atoms with Gasteiger partial charge in [0.2, 0.25) is 0 Å². The number of hydrogen-bond acceptors (Lipinski definition) is 4. The molecule has 0 aromatic carbocycles. The van der Waals surface area contributed by atoms with Crippen LogP contribution in [0, 0.1) is 11.8 Å². The number of likely N-dealkylation sites (N-methyl/N-ethyl adjacent to an activating group) is 1. The number of unbranched alkanes of at least 4 members (excludes halogenated alkanes) is 1. The van der Waals surface area contributed by atoms with Gasteiger partial charge in [0.15, 0.2) is 5.60 Å². The Morgan fingerprint density at radius 2 is 1.88 bits per heavy atom. The van der Waals surface area contributed by atoms with Crippen LogP contribution >= 0.6 is 0 Å². The number of rotatable bonds is 11. The Morgan fingerprint density at radius 3 is 2.50 bits per heavy atom. The molecule has 0 radical (unpaired) electrons. The molecule has 32 heavy (non-hydrogen) atoms. The molecule has 188 valence electrons. The molecule has 1 saturated carbocycles. The first kappa shape index (κ1) is 27.2. The maximum absolute atomic E-state index is 13.9. The number of urea groups is 1. The molecule has 2 rings (SSSR count). The van der Waals surface area contributed by atoms with Crippen molar-refractivity contribution in [2.45, 2.75) is 88.4 Å². The number of piperidine rings is 1. The van der Waals surface area contributed by atoms with E-state index >= 15 is 0 Å². The highest BCUT2D eigenvalue weighted by atomic mass is 19.4. The summed E-state index contributed by atoms with van der Waals surface area (Å²) in [5.74, 6) is -0.440. The van der Waals surface area contributed by atoms with E-state index in [2.05, 4.69) is 10.6 Å². The van der Waals surface area contributed by atoms with Crippen molar-refractivity contribution in [1.82, 2.24) is 15.5 Å². The van der Waals surface area contributed by atoms with E-state index in [1.807, 2.05) is 7.05 Å². The van der Waals surface area contributed by atoms with Gasteiger partial charge in [-0.1, -0.05) is 32.1 Å². The molecule has 3 N–H and O–H groups in total. The fourth-order valence-corrected chi connectivity index (χ4v) is 5.30. The second kappa shape index (κ2) is 13.0. The maximum atomic E-state index is 13.9. The lowest BCUT2D eigenvalue weighted by Crippen LogP contribution is -2.58. The van der Waals surface area contributed by atoms with Gasteiger partial charge in [0.05, 0.1) is 0 Å². The van der Waals surface area contributed by atoms with Gasteiger partial charge >= 0.3 is 12.2 Å².